The second kappa shape index (κ2) is 7.21. The largest absolute Gasteiger partial charge is 0.493 e. The summed E-state index contributed by atoms with van der Waals surface area (Å²) >= 11 is 0. The molecule has 0 radical (unpaired) electrons. The predicted molar refractivity (Wildman–Crippen MR) is 89.2 cm³/mol. The van der Waals surface area contributed by atoms with Crippen molar-refractivity contribution in [2.24, 2.45) is 5.92 Å². The normalized spacial score (nSPS) is 22.2. The number of carbonyl (C=O) groups excluding carboxylic acids is 1. The number of nitrogens with zero attached hydrogens (tertiary/aromatic N) is 1. The Balaban J connectivity index is 1.62. The summed E-state index contributed by atoms with van der Waals surface area (Å²) in [6.45, 7) is 2.83. The fraction of sp³-hybridized carbons (Fsp3) is 0.611. The minimum atomic E-state index is 0.0868. The Bertz CT molecular complexity index is 547. The second-order valence-corrected chi connectivity index (χ2v) is 6.40. The van der Waals surface area contributed by atoms with Gasteiger partial charge in [0, 0.05) is 24.7 Å². The quantitative estimate of drug-likeness (QED) is 0.925. The molecule has 5 heteroatoms. The molecule has 0 aromatic heterocycles. The number of rotatable bonds is 4. The van der Waals surface area contributed by atoms with E-state index >= 15 is 0 Å². The van der Waals surface area contributed by atoms with Gasteiger partial charge in [-0.1, -0.05) is 0 Å². The van der Waals surface area contributed by atoms with Crippen molar-refractivity contribution in [3.05, 3.63) is 23.8 Å². The number of piperidine rings is 1. The molecule has 0 bridgehead atoms. The van der Waals surface area contributed by atoms with E-state index in [1.54, 1.807) is 26.4 Å². The maximum atomic E-state index is 12.7. The maximum absolute atomic E-state index is 12.7. The SMILES string of the molecule is COc1ccc(C(=O)N2CCC(C3CCCN3)CC2)cc1OC. The molecule has 2 saturated heterocycles. The number of nitrogens with one attached hydrogen (secondary N) is 1. The monoisotopic (exact) mass is 318 g/mol. The van der Waals surface area contributed by atoms with Crippen LogP contribution >= 0.6 is 0 Å². The van der Waals surface area contributed by atoms with Crippen molar-refractivity contribution in [2.45, 2.75) is 31.7 Å². The number of hydrogen-bond acceptors (Lipinski definition) is 4. The summed E-state index contributed by atoms with van der Waals surface area (Å²) in [6.07, 6.45) is 4.76. The van der Waals surface area contributed by atoms with Crippen molar-refractivity contribution in [3.63, 3.8) is 0 Å². The van der Waals surface area contributed by atoms with Crippen LogP contribution in [0.5, 0.6) is 11.5 Å². The molecule has 0 aliphatic carbocycles. The highest BCUT2D eigenvalue weighted by Gasteiger charge is 2.30. The van der Waals surface area contributed by atoms with E-state index in [-0.39, 0.29) is 5.91 Å². The molecule has 1 aromatic carbocycles. The van der Waals surface area contributed by atoms with E-state index in [0.29, 0.717) is 29.0 Å². The molecule has 126 valence electrons. The number of ether oxygens (including phenoxy) is 2. The highest BCUT2D eigenvalue weighted by Crippen LogP contribution is 2.30. The third kappa shape index (κ3) is 3.44. The van der Waals surface area contributed by atoms with Crippen molar-refractivity contribution in [1.29, 1.82) is 0 Å². The molecule has 1 N–H and O–H groups in total. The van der Waals surface area contributed by atoms with Gasteiger partial charge in [0.1, 0.15) is 0 Å². The highest BCUT2D eigenvalue weighted by atomic mass is 16.5. The molecular formula is C18H26N2O3. The lowest BCUT2D eigenvalue weighted by molar-refractivity contribution is 0.0674. The van der Waals surface area contributed by atoms with Crippen LogP contribution in [0, 0.1) is 5.92 Å². The Morgan fingerprint density at radius 2 is 1.87 bits per heavy atom. The minimum absolute atomic E-state index is 0.0868. The zero-order valence-corrected chi connectivity index (χ0v) is 14.0. The molecular weight excluding hydrogens is 292 g/mol. The van der Waals surface area contributed by atoms with E-state index in [2.05, 4.69) is 5.32 Å². The summed E-state index contributed by atoms with van der Waals surface area (Å²) in [5, 5.41) is 3.60. The Morgan fingerprint density at radius 1 is 1.13 bits per heavy atom. The molecule has 2 heterocycles. The summed E-state index contributed by atoms with van der Waals surface area (Å²) in [7, 11) is 3.19. The van der Waals surface area contributed by atoms with Gasteiger partial charge in [-0.2, -0.15) is 0 Å². The van der Waals surface area contributed by atoms with Gasteiger partial charge in [-0.05, 0) is 56.3 Å². The molecule has 2 aliphatic rings. The lowest BCUT2D eigenvalue weighted by atomic mass is 9.88. The van der Waals surface area contributed by atoms with Crippen LogP contribution in [0.3, 0.4) is 0 Å². The summed E-state index contributed by atoms with van der Waals surface area (Å²) in [5.74, 6) is 2.05. The molecule has 1 amide bonds. The lowest BCUT2D eigenvalue weighted by Crippen LogP contribution is -2.43. The van der Waals surface area contributed by atoms with Gasteiger partial charge in [0.15, 0.2) is 11.5 Å². The van der Waals surface area contributed by atoms with Crippen LogP contribution in [0.4, 0.5) is 0 Å². The van der Waals surface area contributed by atoms with Crippen LogP contribution in [0.1, 0.15) is 36.0 Å². The van der Waals surface area contributed by atoms with Crippen molar-refractivity contribution in [3.8, 4) is 11.5 Å². The maximum Gasteiger partial charge on any atom is 0.253 e. The summed E-state index contributed by atoms with van der Waals surface area (Å²) in [5.41, 5.74) is 0.667. The lowest BCUT2D eigenvalue weighted by Gasteiger charge is -2.35. The average molecular weight is 318 g/mol. The first-order chi connectivity index (χ1) is 11.2. The minimum Gasteiger partial charge on any atom is -0.493 e. The zero-order valence-electron chi connectivity index (χ0n) is 14.0. The fourth-order valence-electron chi connectivity index (χ4n) is 3.77. The number of carbonyl (C=O) groups is 1. The van der Waals surface area contributed by atoms with Crippen LogP contribution < -0.4 is 14.8 Å². The molecule has 1 unspecified atom stereocenters. The van der Waals surface area contributed by atoms with E-state index in [4.69, 9.17) is 9.47 Å². The van der Waals surface area contributed by atoms with Gasteiger partial charge < -0.3 is 19.7 Å². The van der Waals surface area contributed by atoms with Gasteiger partial charge in [-0.3, -0.25) is 4.79 Å². The Morgan fingerprint density at radius 3 is 2.48 bits per heavy atom. The number of methoxy groups -OCH3 is 2. The molecule has 2 aliphatic heterocycles. The third-order valence-corrected chi connectivity index (χ3v) is 5.12. The van der Waals surface area contributed by atoms with E-state index in [1.807, 2.05) is 11.0 Å². The van der Waals surface area contributed by atoms with Gasteiger partial charge in [0.25, 0.3) is 5.91 Å². The van der Waals surface area contributed by atoms with Gasteiger partial charge >= 0.3 is 0 Å². The Hall–Kier alpha value is -1.75. The van der Waals surface area contributed by atoms with Gasteiger partial charge in [-0.25, -0.2) is 0 Å². The van der Waals surface area contributed by atoms with Crippen LogP contribution in [0.15, 0.2) is 18.2 Å². The van der Waals surface area contributed by atoms with Crippen molar-refractivity contribution < 1.29 is 14.3 Å². The predicted octanol–water partition coefficient (Wildman–Crippen LogP) is 2.31. The molecule has 1 aromatic rings. The zero-order chi connectivity index (χ0) is 16.2. The highest BCUT2D eigenvalue weighted by molar-refractivity contribution is 5.95. The molecule has 1 atom stereocenters. The molecule has 3 rings (SSSR count). The van der Waals surface area contributed by atoms with Gasteiger partial charge in [-0.15, -0.1) is 0 Å². The third-order valence-electron chi connectivity index (χ3n) is 5.12. The molecule has 0 spiro atoms. The number of benzene rings is 1. The van der Waals surface area contributed by atoms with Crippen LogP contribution in [-0.2, 0) is 0 Å². The second-order valence-electron chi connectivity index (χ2n) is 6.40. The topological polar surface area (TPSA) is 50.8 Å². The van der Waals surface area contributed by atoms with Crippen molar-refractivity contribution >= 4 is 5.91 Å². The fourth-order valence-corrected chi connectivity index (χ4v) is 3.77. The summed E-state index contributed by atoms with van der Waals surface area (Å²) in [6, 6.07) is 6.04. The Kier molecular flexibility index (Phi) is 5.06. The number of likely N-dealkylation sites (tertiary alicyclic amines) is 1. The number of hydrogen-bond donors (Lipinski definition) is 1. The standard InChI is InChI=1S/C18H26N2O3/c1-22-16-6-5-14(12-17(16)23-2)18(21)20-10-7-13(8-11-20)15-4-3-9-19-15/h5-6,12-13,15,19H,3-4,7-11H2,1-2H3. The van der Waals surface area contributed by atoms with Gasteiger partial charge in [0.05, 0.1) is 14.2 Å². The molecule has 0 saturated carbocycles. The Labute approximate surface area is 137 Å². The smallest absolute Gasteiger partial charge is 0.253 e. The first-order valence-corrected chi connectivity index (χ1v) is 8.47. The van der Waals surface area contributed by atoms with E-state index in [9.17, 15) is 4.79 Å². The number of amides is 1. The van der Waals surface area contributed by atoms with Crippen LogP contribution in [-0.4, -0.2) is 50.7 Å². The van der Waals surface area contributed by atoms with Crippen LogP contribution in [0.25, 0.3) is 0 Å². The van der Waals surface area contributed by atoms with Crippen molar-refractivity contribution in [2.75, 3.05) is 33.9 Å². The van der Waals surface area contributed by atoms with Crippen molar-refractivity contribution in [1.82, 2.24) is 10.2 Å². The van der Waals surface area contributed by atoms with Crippen LogP contribution in [0.2, 0.25) is 0 Å². The average Bonchev–Trinajstić information content (AvgIpc) is 3.15. The first kappa shape index (κ1) is 16.1. The van der Waals surface area contributed by atoms with E-state index in [0.717, 1.165) is 32.5 Å². The van der Waals surface area contributed by atoms with E-state index < -0.39 is 0 Å². The molecule has 2 fully saturated rings. The summed E-state index contributed by atoms with van der Waals surface area (Å²) in [4.78, 5) is 14.7. The first-order valence-electron chi connectivity index (χ1n) is 8.47. The molecule has 23 heavy (non-hydrogen) atoms. The van der Waals surface area contributed by atoms with Gasteiger partial charge in [0.2, 0.25) is 0 Å². The van der Waals surface area contributed by atoms with E-state index in [1.165, 1.54) is 12.8 Å². The summed E-state index contributed by atoms with van der Waals surface area (Å²) < 4.78 is 10.5. The molecule has 5 nitrogen and oxygen atoms in total.